The largest absolute Gasteiger partial charge is 0.388 e. The maximum atomic E-state index is 10.7. The topological polar surface area (TPSA) is 35.5 Å². The summed E-state index contributed by atoms with van der Waals surface area (Å²) >= 11 is 0. The van der Waals surface area contributed by atoms with Crippen molar-refractivity contribution in [2.24, 2.45) is 0 Å². The van der Waals surface area contributed by atoms with Crippen molar-refractivity contribution in [2.75, 3.05) is 32.7 Å². The molecular formula is C16H24N2O. The predicted molar refractivity (Wildman–Crippen MR) is 77.3 cm³/mol. The lowest BCUT2D eigenvalue weighted by Gasteiger charge is -2.37. The van der Waals surface area contributed by atoms with Gasteiger partial charge >= 0.3 is 0 Å². The van der Waals surface area contributed by atoms with Crippen molar-refractivity contribution in [3.8, 4) is 0 Å². The molecular weight excluding hydrogens is 236 g/mol. The highest BCUT2D eigenvalue weighted by atomic mass is 16.3. The van der Waals surface area contributed by atoms with E-state index in [0.29, 0.717) is 0 Å². The average Bonchev–Trinajstić information content (AvgIpc) is 2.62. The Balaban J connectivity index is 1.62. The Morgan fingerprint density at radius 1 is 1.05 bits per heavy atom. The Morgan fingerprint density at radius 2 is 1.63 bits per heavy atom. The minimum absolute atomic E-state index is 0.470. The Morgan fingerprint density at radius 3 is 2.21 bits per heavy atom. The van der Waals surface area contributed by atoms with Crippen LogP contribution in [0.25, 0.3) is 0 Å². The zero-order valence-corrected chi connectivity index (χ0v) is 11.6. The molecule has 0 bridgehead atoms. The third-order valence-corrected chi connectivity index (χ3v) is 4.57. The van der Waals surface area contributed by atoms with Gasteiger partial charge in [0.15, 0.2) is 0 Å². The number of nitrogens with one attached hydrogen (secondary N) is 1. The SMILES string of the molecule is OC1(CN2CCc3ccccc3CC2)CCNCC1. The summed E-state index contributed by atoms with van der Waals surface area (Å²) in [5, 5.41) is 14.0. The van der Waals surface area contributed by atoms with Crippen LogP contribution in [-0.4, -0.2) is 48.3 Å². The molecule has 1 saturated heterocycles. The number of hydrogen-bond donors (Lipinski definition) is 2. The van der Waals surface area contributed by atoms with Crippen molar-refractivity contribution in [3.63, 3.8) is 0 Å². The van der Waals surface area contributed by atoms with Crippen molar-refractivity contribution in [1.82, 2.24) is 10.2 Å². The molecule has 2 aliphatic heterocycles. The summed E-state index contributed by atoms with van der Waals surface area (Å²) in [6, 6.07) is 8.76. The van der Waals surface area contributed by atoms with Crippen LogP contribution in [0.2, 0.25) is 0 Å². The van der Waals surface area contributed by atoms with Crippen LogP contribution in [-0.2, 0) is 12.8 Å². The van der Waals surface area contributed by atoms with Gasteiger partial charge in [0.2, 0.25) is 0 Å². The van der Waals surface area contributed by atoms with Crippen LogP contribution in [0.3, 0.4) is 0 Å². The van der Waals surface area contributed by atoms with Gasteiger partial charge in [-0.1, -0.05) is 24.3 Å². The van der Waals surface area contributed by atoms with Gasteiger partial charge in [-0.15, -0.1) is 0 Å². The first-order valence-electron chi connectivity index (χ1n) is 7.47. The quantitative estimate of drug-likeness (QED) is 0.839. The van der Waals surface area contributed by atoms with Crippen molar-refractivity contribution >= 4 is 0 Å². The number of hydrogen-bond acceptors (Lipinski definition) is 3. The molecule has 2 heterocycles. The van der Waals surface area contributed by atoms with E-state index in [-0.39, 0.29) is 0 Å². The summed E-state index contributed by atoms with van der Waals surface area (Å²) in [5.41, 5.74) is 2.51. The first-order valence-corrected chi connectivity index (χ1v) is 7.47. The smallest absolute Gasteiger partial charge is 0.0798 e. The van der Waals surface area contributed by atoms with Crippen LogP contribution in [0.15, 0.2) is 24.3 Å². The number of aliphatic hydroxyl groups is 1. The summed E-state index contributed by atoms with van der Waals surface area (Å²) < 4.78 is 0. The molecule has 1 fully saturated rings. The van der Waals surface area contributed by atoms with E-state index >= 15 is 0 Å². The summed E-state index contributed by atoms with van der Waals surface area (Å²) in [5.74, 6) is 0. The molecule has 3 nitrogen and oxygen atoms in total. The number of rotatable bonds is 2. The Labute approximate surface area is 115 Å². The fourth-order valence-electron chi connectivity index (χ4n) is 3.34. The van der Waals surface area contributed by atoms with Crippen molar-refractivity contribution in [1.29, 1.82) is 0 Å². The third-order valence-electron chi connectivity index (χ3n) is 4.57. The normalized spacial score (nSPS) is 23.6. The molecule has 0 spiro atoms. The second kappa shape index (κ2) is 5.61. The highest BCUT2D eigenvalue weighted by Gasteiger charge is 2.31. The van der Waals surface area contributed by atoms with Crippen molar-refractivity contribution in [2.45, 2.75) is 31.3 Å². The standard InChI is InChI=1S/C16H24N2O/c19-16(7-9-17-10-8-16)13-18-11-5-14-3-1-2-4-15(14)6-12-18/h1-4,17,19H,5-13H2. The average molecular weight is 260 g/mol. The molecule has 19 heavy (non-hydrogen) atoms. The van der Waals surface area contributed by atoms with Gasteiger partial charge in [0.05, 0.1) is 5.60 Å². The predicted octanol–water partition coefficient (Wildman–Crippen LogP) is 1.20. The molecule has 0 radical (unpaired) electrons. The molecule has 0 unspecified atom stereocenters. The molecule has 3 heteroatoms. The van der Waals surface area contributed by atoms with Gasteiger partial charge in [0.25, 0.3) is 0 Å². The summed E-state index contributed by atoms with van der Waals surface area (Å²) in [4.78, 5) is 2.45. The van der Waals surface area contributed by atoms with E-state index < -0.39 is 5.60 Å². The van der Waals surface area contributed by atoms with Gasteiger partial charge in [-0.2, -0.15) is 0 Å². The molecule has 1 aromatic carbocycles. The van der Waals surface area contributed by atoms with Crippen molar-refractivity contribution < 1.29 is 5.11 Å². The lowest BCUT2D eigenvalue weighted by atomic mass is 9.92. The second-order valence-electron chi connectivity index (χ2n) is 6.02. The number of nitrogens with zero attached hydrogens (tertiary/aromatic N) is 1. The van der Waals surface area contributed by atoms with Crippen molar-refractivity contribution in [3.05, 3.63) is 35.4 Å². The van der Waals surface area contributed by atoms with E-state index in [1.807, 2.05) is 0 Å². The van der Waals surface area contributed by atoms with E-state index in [1.165, 1.54) is 11.1 Å². The van der Waals surface area contributed by atoms with Crippen LogP contribution >= 0.6 is 0 Å². The molecule has 0 aliphatic carbocycles. The van der Waals surface area contributed by atoms with Crippen LogP contribution in [0.1, 0.15) is 24.0 Å². The zero-order valence-electron chi connectivity index (χ0n) is 11.6. The number of benzene rings is 1. The van der Waals surface area contributed by atoms with E-state index in [2.05, 4.69) is 34.5 Å². The van der Waals surface area contributed by atoms with Crippen LogP contribution in [0.4, 0.5) is 0 Å². The number of fused-ring (bicyclic) bond motifs is 1. The molecule has 0 aromatic heterocycles. The van der Waals surface area contributed by atoms with Gasteiger partial charge in [0.1, 0.15) is 0 Å². The number of piperidine rings is 1. The zero-order chi connectivity index (χ0) is 13.1. The molecule has 0 atom stereocenters. The summed E-state index contributed by atoms with van der Waals surface area (Å²) in [6.07, 6.45) is 4.00. The summed E-state index contributed by atoms with van der Waals surface area (Å²) in [7, 11) is 0. The molecule has 1 aromatic rings. The van der Waals surface area contributed by atoms with Crippen LogP contribution in [0, 0.1) is 0 Å². The van der Waals surface area contributed by atoms with E-state index in [4.69, 9.17) is 0 Å². The van der Waals surface area contributed by atoms with E-state index in [0.717, 1.165) is 58.4 Å². The molecule has 0 amide bonds. The summed E-state index contributed by atoms with van der Waals surface area (Å²) in [6.45, 7) is 4.89. The lowest BCUT2D eigenvalue weighted by Crippen LogP contribution is -2.50. The van der Waals surface area contributed by atoms with E-state index in [9.17, 15) is 5.11 Å². The minimum atomic E-state index is -0.470. The molecule has 2 aliphatic rings. The Hall–Kier alpha value is -0.900. The minimum Gasteiger partial charge on any atom is -0.388 e. The first kappa shape index (κ1) is 13.1. The van der Waals surface area contributed by atoms with Gasteiger partial charge in [-0.3, -0.25) is 4.90 Å². The van der Waals surface area contributed by atoms with Gasteiger partial charge in [0, 0.05) is 19.6 Å². The fourth-order valence-corrected chi connectivity index (χ4v) is 3.34. The molecule has 0 saturated carbocycles. The van der Waals surface area contributed by atoms with Gasteiger partial charge in [-0.25, -0.2) is 0 Å². The Kier molecular flexibility index (Phi) is 3.87. The molecule has 3 rings (SSSR count). The highest BCUT2D eigenvalue weighted by Crippen LogP contribution is 2.22. The highest BCUT2D eigenvalue weighted by molar-refractivity contribution is 5.28. The maximum absolute atomic E-state index is 10.7. The monoisotopic (exact) mass is 260 g/mol. The number of β-amino-alcohol motifs (C(OH)–C–C–N with tert-alkyl or cyclic N) is 1. The fraction of sp³-hybridized carbons (Fsp3) is 0.625. The first-order chi connectivity index (χ1) is 9.25. The lowest BCUT2D eigenvalue weighted by molar-refractivity contribution is -0.0199. The third kappa shape index (κ3) is 3.16. The van der Waals surface area contributed by atoms with Gasteiger partial charge < -0.3 is 10.4 Å². The second-order valence-corrected chi connectivity index (χ2v) is 6.02. The van der Waals surface area contributed by atoms with Crippen LogP contribution in [0.5, 0.6) is 0 Å². The molecule has 2 N–H and O–H groups in total. The molecule has 104 valence electrons. The maximum Gasteiger partial charge on any atom is 0.0798 e. The van der Waals surface area contributed by atoms with Gasteiger partial charge in [-0.05, 0) is 49.9 Å². The Bertz CT molecular complexity index is 400. The van der Waals surface area contributed by atoms with E-state index in [1.54, 1.807) is 0 Å². The van der Waals surface area contributed by atoms with Crippen LogP contribution < -0.4 is 5.32 Å².